The highest BCUT2D eigenvalue weighted by Gasteiger charge is 2.28. The number of amides is 1. The molecule has 1 fully saturated rings. The molecule has 16 heavy (non-hydrogen) atoms. The van der Waals surface area contributed by atoms with Gasteiger partial charge in [0, 0.05) is 26.1 Å². The summed E-state index contributed by atoms with van der Waals surface area (Å²) in [5, 5.41) is 0. The molecule has 0 radical (unpaired) electrons. The van der Waals surface area contributed by atoms with E-state index >= 15 is 0 Å². The molecule has 4 nitrogen and oxygen atoms in total. The van der Waals surface area contributed by atoms with Gasteiger partial charge in [0.05, 0.1) is 12.6 Å². The van der Waals surface area contributed by atoms with E-state index in [-0.39, 0.29) is 11.9 Å². The van der Waals surface area contributed by atoms with Gasteiger partial charge in [0.1, 0.15) is 0 Å². The lowest BCUT2D eigenvalue weighted by Gasteiger charge is -2.20. The quantitative estimate of drug-likeness (QED) is 0.744. The Morgan fingerprint density at radius 2 is 2.44 bits per heavy atom. The maximum atomic E-state index is 12.0. The number of ether oxygens (including phenoxy) is 1. The molecule has 0 aromatic rings. The fraction of sp³-hybridized carbons (Fsp3) is 0.909. The first-order valence-corrected chi connectivity index (χ1v) is 7.10. The van der Waals surface area contributed by atoms with Crippen LogP contribution in [0, 0.1) is 5.92 Å². The van der Waals surface area contributed by atoms with E-state index in [1.807, 2.05) is 11.2 Å². The van der Waals surface area contributed by atoms with E-state index in [2.05, 4.69) is 0 Å². The fourth-order valence-corrected chi connectivity index (χ4v) is 2.50. The second-order valence-corrected chi connectivity index (χ2v) is 5.27. The lowest BCUT2D eigenvalue weighted by atomic mass is 10.1. The van der Waals surface area contributed by atoms with Gasteiger partial charge in [-0.1, -0.05) is 0 Å². The number of carbonyl (C=O) groups is 1. The molecular weight excluding hydrogens is 224 g/mol. The number of carbonyl (C=O) groups excluding carboxylic acids is 1. The second-order valence-electron chi connectivity index (χ2n) is 4.28. The summed E-state index contributed by atoms with van der Waals surface area (Å²) >= 11 is 1.73. The number of thioether (sulfide) groups is 1. The van der Waals surface area contributed by atoms with E-state index in [0.29, 0.717) is 5.92 Å². The standard InChI is InChI=1S/C11H22N2O2S/c1-15-8-9-3-5-13(7-9)11(14)10(12)4-6-16-2/h9-10H,3-8,12H2,1-2H3/t9?,10-/m1/s1. The Labute approximate surface area is 102 Å². The van der Waals surface area contributed by atoms with Crippen molar-refractivity contribution in [2.24, 2.45) is 11.7 Å². The van der Waals surface area contributed by atoms with E-state index in [0.717, 1.165) is 38.3 Å². The Morgan fingerprint density at radius 1 is 1.69 bits per heavy atom. The average molecular weight is 246 g/mol. The van der Waals surface area contributed by atoms with Gasteiger partial charge >= 0.3 is 0 Å². The van der Waals surface area contributed by atoms with Gasteiger partial charge in [-0.05, 0) is 24.9 Å². The summed E-state index contributed by atoms with van der Waals surface area (Å²) < 4.78 is 5.11. The molecule has 2 N–H and O–H groups in total. The van der Waals surface area contributed by atoms with Crippen LogP contribution in [0.4, 0.5) is 0 Å². The molecule has 5 heteroatoms. The third-order valence-electron chi connectivity index (χ3n) is 2.95. The number of hydrogen-bond donors (Lipinski definition) is 1. The minimum atomic E-state index is -0.325. The molecule has 0 aromatic carbocycles. The predicted molar refractivity (Wildman–Crippen MR) is 67.5 cm³/mol. The molecule has 1 amide bonds. The van der Waals surface area contributed by atoms with Crippen molar-refractivity contribution in [3.63, 3.8) is 0 Å². The summed E-state index contributed by atoms with van der Waals surface area (Å²) in [7, 11) is 1.70. The highest BCUT2D eigenvalue weighted by atomic mass is 32.2. The van der Waals surface area contributed by atoms with Crippen LogP contribution in [-0.2, 0) is 9.53 Å². The van der Waals surface area contributed by atoms with E-state index in [1.54, 1.807) is 18.9 Å². The second kappa shape index (κ2) is 7.14. The molecular formula is C11H22N2O2S. The maximum absolute atomic E-state index is 12.0. The monoisotopic (exact) mass is 246 g/mol. The van der Waals surface area contributed by atoms with Crippen molar-refractivity contribution in [3.05, 3.63) is 0 Å². The van der Waals surface area contributed by atoms with Crippen LogP contribution in [-0.4, -0.2) is 55.7 Å². The van der Waals surface area contributed by atoms with Crippen LogP contribution in [0.1, 0.15) is 12.8 Å². The normalized spacial score (nSPS) is 22.4. The largest absolute Gasteiger partial charge is 0.384 e. The van der Waals surface area contributed by atoms with Gasteiger partial charge in [-0.15, -0.1) is 0 Å². The zero-order chi connectivity index (χ0) is 12.0. The van der Waals surface area contributed by atoms with Crippen molar-refractivity contribution in [2.45, 2.75) is 18.9 Å². The molecule has 0 saturated carbocycles. The van der Waals surface area contributed by atoms with Gasteiger partial charge in [-0.2, -0.15) is 11.8 Å². The number of methoxy groups -OCH3 is 1. The van der Waals surface area contributed by atoms with Crippen molar-refractivity contribution in [2.75, 3.05) is 38.8 Å². The molecule has 0 bridgehead atoms. The van der Waals surface area contributed by atoms with Gasteiger partial charge in [0.25, 0.3) is 0 Å². The Balaban J connectivity index is 2.32. The zero-order valence-corrected chi connectivity index (χ0v) is 11.0. The molecule has 94 valence electrons. The Bertz CT molecular complexity index is 226. The van der Waals surface area contributed by atoms with Crippen molar-refractivity contribution >= 4 is 17.7 Å². The van der Waals surface area contributed by atoms with Crippen molar-refractivity contribution < 1.29 is 9.53 Å². The third kappa shape index (κ3) is 3.96. The van der Waals surface area contributed by atoms with Crippen LogP contribution in [0.15, 0.2) is 0 Å². The lowest BCUT2D eigenvalue weighted by Crippen LogP contribution is -2.43. The van der Waals surface area contributed by atoms with Crippen LogP contribution >= 0.6 is 11.8 Å². The zero-order valence-electron chi connectivity index (χ0n) is 10.1. The molecule has 1 rings (SSSR count). The summed E-state index contributed by atoms with van der Waals surface area (Å²) in [6.45, 7) is 2.38. The fourth-order valence-electron chi connectivity index (χ4n) is 2.01. The highest BCUT2D eigenvalue weighted by Crippen LogP contribution is 2.17. The number of likely N-dealkylation sites (tertiary alicyclic amines) is 1. The summed E-state index contributed by atoms with van der Waals surface area (Å²) in [6, 6.07) is -0.325. The molecule has 1 aliphatic heterocycles. The SMILES string of the molecule is COCC1CCN(C(=O)[C@H](N)CCSC)C1. The van der Waals surface area contributed by atoms with Gasteiger partial charge < -0.3 is 15.4 Å². The van der Waals surface area contributed by atoms with Crippen LogP contribution in [0.25, 0.3) is 0 Å². The Kier molecular flexibility index (Phi) is 6.16. The van der Waals surface area contributed by atoms with E-state index in [4.69, 9.17) is 10.5 Å². The molecule has 1 heterocycles. The molecule has 2 atom stereocenters. The molecule has 1 saturated heterocycles. The third-order valence-corrected chi connectivity index (χ3v) is 3.59. The van der Waals surface area contributed by atoms with E-state index < -0.39 is 0 Å². The molecule has 0 spiro atoms. The average Bonchev–Trinajstić information content (AvgIpc) is 2.74. The van der Waals surface area contributed by atoms with Crippen molar-refractivity contribution in [1.82, 2.24) is 4.90 Å². The molecule has 0 aliphatic carbocycles. The predicted octanol–water partition coefficient (Wildman–Crippen LogP) is 0.562. The first-order chi connectivity index (χ1) is 7.69. The Morgan fingerprint density at radius 3 is 3.06 bits per heavy atom. The Hall–Kier alpha value is -0.260. The van der Waals surface area contributed by atoms with Crippen LogP contribution in [0.2, 0.25) is 0 Å². The van der Waals surface area contributed by atoms with Crippen LogP contribution < -0.4 is 5.73 Å². The van der Waals surface area contributed by atoms with Crippen molar-refractivity contribution in [3.8, 4) is 0 Å². The number of nitrogens with two attached hydrogens (primary N) is 1. The van der Waals surface area contributed by atoms with Gasteiger partial charge in [0.15, 0.2) is 0 Å². The van der Waals surface area contributed by atoms with Crippen LogP contribution in [0.5, 0.6) is 0 Å². The topological polar surface area (TPSA) is 55.6 Å². The van der Waals surface area contributed by atoms with Gasteiger partial charge in [0.2, 0.25) is 5.91 Å². The lowest BCUT2D eigenvalue weighted by molar-refractivity contribution is -0.131. The first kappa shape index (κ1) is 13.8. The first-order valence-electron chi connectivity index (χ1n) is 5.71. The summed E-state index contributed by atoms with van der Waals surface area (Å²) in [6.07, 6.45) is 3.84. The smallest absolute Gasteiger partial charge is 0.239 e. The minimum absolute atomic E-state index is 0.104. The number of nitrogens with zero attached hydrogens (tertiary/aromatic N) is 1. The van der Waals surface area contributed by atoms with Gasteiger partial charge in [-0.3, -0.25) is 4.79 Å². The van der Waals surface area contributed by atoms with E-state index in [1.165, 1.54) is 0 Å². The minimum Gasteiger partial charge on any atom is -0.384 e. The molecule has 1 aliphatic rings. The summed E-state index contributed by atoms with van der Waals surface area (Å²) in [4.78, 5) is 13.8. The number of rotatable bonds is 6. The molecule has 1 unspecified atom stereocenters. The summed E-state index contributed by atoms with van der Waals surface area (Å²) in [5.41, 5.74) is 5.87. The van der Waals surface area contributed by atoms with Gasteiger partial charge in [-0.25, -0.2) is 0 Å². The number of hydrogen-bond acceptors (Lipinski definition) is 4. The molecule has 0 aromatic heterocycles. The highest BCUT2D eigenvalue weighted by molar-refractivity contribution is 7.98. The maximum Gasteiger partial charge on any atom is 0.239 e. The summed E-state index contributed by atoms with van der Waals surface area (Å²) in [5.74, 6) is 1.54. The van der Waals surface area contributed by atoms with E-state index in [9.17, 15) is 4.79 Å². The van der Waals surface area contributed by atoms with Crippen molar-refractivity contribution in [1.29, 1.82) is 0 Å². The van der Waals surface area contributed by atoms with Crippen LogP contribution in [0.3, 0.4) is 0 Å².